The summed E-state index contributed by atoms with van der Waals surface area (Å²) >= 11 is 3.29. The number of hydrogen-bond donors (Lipinski definition) is 1. The van der Waals surface area contributed by atoms with Gasteiger partial charge in [0.2, 0.25) is 0 Å². The van der Waals surface area contributed by atoms with E-state index in [9.17, 15) is 4.79 Å². The van der Waals surface area contributed by atoms with Crippen LogP contribution in [0.15, 0.2) is 22.7 Å². The maximum Gasteiger partial charge on any atom is 0.336 e. The van der Waals surface area contributed by atoms with Gasteiger partial charge < -0.3 is 14.7 Å². The summed E-state index contributed by atoms with van der Waals surface area (Å²) in [7, 11) is 1.72. The third-order valence-corrected chi connectivity index (χ3v) is 3.68. The smallest absolute Gasteiger partial charge is 0.336 e. The van der Waals surface area contributed by atoms with Crippen LogP contribution in [0.25, 0.3) is 0 Å². The van der Waals surface area contributed by atoms with Gasteiger partial charge >= 0.3 is 5.97 Å². The summed E-state index contributed by atoms with van der Waals surface area (Å²) in [6.07, 6.45) is 1.28. The molecular formula is C12H14BrNO3. The zero-order valence-corrected chi connectivity index (χ0v) is 11.1. The molecule has 17 heavy (non-hydrogen) atoms. The number of benzene rings is 1. The summed E-state index contributed by atoms with van der Waals surface area (Å²) in [5.41, 5.74) is 1.32. The third kappa shape index (κ3) is 2.61. The number of halogens is 1. The van der Waals surface area contributed by atoms with Crippen LogP contribution in [0.3, 0.4) is 0 Å². The molecule has 1 saturated heterocycles. The highest BCUT2D eigenvalue weighted by Gasteiger charge is 2.22. The highest BCUT2D eigenvalue weighted by molar-refractivity contribution is 9.10. The van der Waals surface area contributed by atoms with Gasteiger partial charge in [0.05, 0.1) is 11.7 Å². The van der Waals surface area contributed by atoms with Gasteiger partial charge in [-0.3, -0.25) is 0 Å². The molecule has 1 aliphatic heterocycles. The van der Waals surface area contributed by atoms with Crippen LogP contribution in [0, 0.1) is 0 Å². The minimum Gasteiger partial charge on any atom is -0.478 e. The van der Waals surface area contributed by atoms with E-state index >= 15 is 0 Å². The number of carboxylic acids is 1. The monoisotopic (exact) mass is 299 g/mol. The summed E-state index contributed by atoms with van der Waals surface area (Å²) in [5, 5.41) is 8.94. The molecule has 1 aromatic carbocycles. The van der Waals surface area contributed by atoms with Crippen molar-refractivity contribution in [1.82, 2.24) is 0 Å². The van der Waals surface area contributed by atoms with Crippen LogP contribution in [0.4, 0.5) is 5.69 Å². The molecule has 0 bridgehead atoms. The quantitative estimate of drug-likeness (QED) is 0.931. The number of aromatic carboxylic acids is 1. The largest absolute Gasteiger partial charge is 0.478 e. The van der Waals surface area contributed by atoms with E-state index in [4.69, 9.17) is 9.84 Å². The zero-order valence-electron chi connectivity index (χ0n) is 9.52. The zero-order chi connectivity index (χ0) is 12.4. The summed E-state index contributed by atoms with van der Waals surface area (Å²) < 4.78 is 5.92. The van der Waals surface area contributed by atoms with Crippen molar-refractivity contribution in [1.29, 1.82) is 0 Å². The van der Waals surface area contributed by atoms with E-state index in [2.05, 4.69) is 20.8 Å². The van der Waals surface area contributed by atoms with Crippen molar-refractivity contribution in [3.63, 3.8) is 0 Å². The molecular weight excluding hydrogens is 286 g/mol. The van der Waals surface area contributed by atoms with Gasteiger partial charge in [-0.2, -0.15) is 0 Å². The summed E-state index contributed by atoms with van der Waals surface area (Å²) in [5.74, 6) is -0.917. The number of hydrogen-bond acceptors (Lipinski definition) is 3. The van der Waals surface area contributed by atoms with Crippen LogP contribution in [-0.2, 0) is 4.74 Å². The summed E-state index contributed by atoms with van der Waals surface area (Å²) in [6, 6.07) is 5.32. The molecule has 1 aromatic rings. The highest BCUT2D eigenvalue weighted by Crippen LogP contribution is 2.27. The molecule has 1 aliphatic rings. The van der Waals surface area contributed by atoms with Crippen LogP contribution in [0.5, 0.6) is 0 Å². The number of carboxylic acid groups (broad SMARTS) is 1. The Morgan fingerprint density at radius 1 is 1.59 bits per heavy atom. The molecule has 0 aliphatic carbocycles. The molecule has 4 nitrogen and oxygen atoms in total. The first kappa shape index (κ1) is 12.4. The topological polar surface area (TPSA) is 49.8 Å². The Bertz CT molecular complexity index is 436. The van der Waals surface area contributed by atoms with E-state index in [1.165, 1.54) is 0 Å². The second-order valence-electron chi connectivity index (χ2n) is 4.06. The average Bonchev–Trinajstić information content (AvgIpc) is 2.76. The van der Waals surface area contributed by atoms with Gasteiger partial charge in [0.15, 0.2) is 0 Å². The Morgan fingerprint density at radius 2 is 2.35 bits per heavy atom. The maximum absolute atomic E-state index is 10.9. The van der Waals surface area contributed by atoms with Gasteiger partial charge in [-0.15, -0.1) is 0 Å². The van der Waals surface area contributed by atoms with E-state index < -0.39 is 5.97 Å². The molecule has 5 heteroatoms. The van der Waals surface area contributed by atoms with Crippen LogP contribution >= 0.6 is 15.9 Å². The van der Waals surface area contributed by atoms with Crippen molar-refractivity contribution in [2.45, 2.75) is 12.5 Å². The van der Waals surface area contributed by atoms with Gasteiger partial charge in [-0.25, -0.2) is 4.79 Å². The second-order valence-corrected chi connectivity index (χ2v) is 4.92. The number of rotatable bonds is 3. The van der Waals surface area contributed by atoms with Crippen LogP contribution in [-0.4, -0.2) is 37.4 Å². The van der Waals surface area contributed by atoms with Gasteiger partial charge in [-0.05, 0) is 40.5 Å². The summed E-state index contributed by atoms with van der Waals surface area (Å²) in [4.78, 5) is 13.1. The van der Waals surface area contributed by atoms with Crippen molar-refractivity contribution < 1.29 is 14.6 Å². The van der Waals surface area contributed by atoms with Crippen LogP contribution < -0.4 is 4.90 Å². The Kier molecular flexibility index (Phi) is 3.69. The van der Waals surface area contributed by atoms with Crippen molar-refractivity contribution in [3.8, 4) is 0 Å². The maximum atomic E-state index is 10.9. The van der Waals surface area contributed by atoms with E-state index in [1.54, 1.807) is 13.2 Å². The van der Waals surface area contributed by atoms with E-state index in [0.29, 0.717) is 4.47 Å². The van der Waals surface area contributed by atoms with E-state index in [-0.39, 0.29) is 11.7 Å². The van der Waals surface area contributed by atoms with Crippen molar-refractivity contribution in [2.24, 2.45) is 0 Å². The van der Waals surface area contributed by atoms with Crippen LogP contribution in [0.2, 0.25) is 0 Å². The SMILES string of the molecule is COC1CCN(c2ccc(C(=O)O)c(Br)c2)C1. The number of ether oxygens (including phenoxy) is 1. The lowest BCUT2D eigenvalue weighted by molar-refractivity contribution is 0.0696. The predicted molar refractivity (Wildman–Crippen MR) is 68.7 cm³/mol. The number of carbonyl (C=O) groups is 1. The minimum absolute atomic E-state index is 0.271. The van der Waals surface area contributed by atoms with E-state index in [0.717, 1.165) is 25.2 Å². The van der Waals surface area contributed by atoms with E-state index in [1.807, 2.05) is 12.1 Å². The van der Waals surface area contributed by atoms with Crippen molar-refractivity contribution in [2.75, 3.05) is 25.1 Å². The van der Waals surface area contributed by atoms with Gasteiger partial charge in [-0.1, -0.05) is 0 Å². The highest BCUT2D eigenvalue weighted by atomic mass is 79.9. The molecule has 0 aromatic heterocycles. The lowest BCUT2D eigenvalue weighted by atomic mass is 10.2. The normalized spacial score (nSPS) is 19.6. The molecule has 1 atom stereocenters. The molecule has 1 fully saturated rings. The van der Waals surface area contributed by atoms with Crippen molar-refractivity contribution in [3.05, 3.63) is 28.2 Å². The fraction of sp³-hybridized carbons (Fsp3) is 0.417. The third-order valence-electron chi connectivity index (χ3n) is 3.03. The molecule has 92 valence electrons. The molecule has 0 spiro atoms. The number of nitrogens with zero attached hydrogens (tertiary/aromatic N) is 1. The number of methoxy groups -OCH3 is 1. The molecule has 0 amide bonds. The molecule has 2 rings (SSSR count). The lowest BCUT2D eigenvalue weighted by Gasteiger charge is -2.19. The Morgan fingerprint density at radius 3 is 2.88 bits per heavy atom. The number of anilines is 1. The van der Waals surface area contributed by atoms with Gasteiger partial charge in [0, 0.05) is 30.4 Å². The van der Waals surface area contributed by atoms with Crippen molar-refractivity contribution >= 4 is 27.6 Å². The predicted octanol–water partition coefficient (Wildman–Crippen LogP) is 2.37. The Labute approximate surface area is 108 Å². The fourth-order valence-electron chi connectivity index (χ4n) is 2.03. The van der Waals surface area contributed by atoms with Crippen LogP contribution in [0.1, 0.15) is 16.8 Å². The Hall–Kier alpha value is -1.07. The standard InChI is InChI=1S/C12H14BrNO3/c1-17-9-4-5-14(7-9)8-2-3-10(12(15)16)11(13)6-8/h2-3,6,9H,4-5,7H2,1H3,(H,15,16). The van der Waals surface area contributed by atoms with Gasteiger partial charge in [0.1, 0.15) is 0 Å². The average molecular weight is 300 g/mol. The Balaban J connectivity index is 2.18. The molecule has 1 heterocycles. The van der Waals surface area contributed by atoms with Gasteiger partial charge in [0.25, 0.3) is 0 Å². The first-order chi connectivity index (χ1) is 8.11. The second kappa shape index (κ2) is 5.06. The molecule has 1 unspecified atom stereocenters. The fourth-order valence-corrected chi connectivity index (χ4v) is 2.57. The lowest BCUT2D eigenvalue weighted by Crippen LogP contribution is -2.22. The molecule has 1 N–H and O–H groups in total. The summed E-state index contributed by atoms with van der Waals surface area (Å²) in [6.45, 7) is 1.80. The molecule has 0 radical (unpaired) electrons. The molecule has 0 saturated carbocycles. The first-order valence-corrected chi connectivity index (χ1v) is 6.21. The minimum atomic E-state index is -0.917. The first-order valence-electron chi connectivity index (χ1n) is 5.42.